The number of rotatable bonds is 6. The van der Waals surface area contributed by atoms with Crippen molar-refractivity contribution in [3.05, 3.63) is 58.7 Å². The maximum atomic E-state index is 12.3. The number of hydrogen-bond donors (Lipinski definition) is 0. The van der Waals surface area contributed by atoms with Crippen molar-refractivity contribution in [2.24, 2.45) is 9.36 Å². The van der Waals surface area contributed by atoms with Crippen molar-refractivity contribution in [3.63, 3.8) is 0 Å². The Morgan fingerprint density at radius 3 is 2.35 bits per heavy atom. The van der Waals surface area contributed by atoms with Crippen LogP contribution in [0.15, 0.2) is 50.6 Å². The lowest BCUT2D eigenvalue weighted by Gasteiger charge is -2.12. The Morgan fingerprint density at radius 1 is 1.12 bits per heavy atom. The van der Waals surface area contributed by atoms with E-state index in [0.717, 1.165) is 23.5 Å². The lowest BCUT2D eigenvalue weighted by atomic mass is 9.97. The summed E-state index contributed by atoms with van der Waals surface area (Å²) in [6, 6.07) is 12.3. The van der Waals surface area contributed by atoms with E-state index in [9.17, 15) is 4.21 Å². The van der Waals surface area contributed by atoms with Crippen molar-refractivity contribution in [3.8, 4) is 0 Å². The van der Waals surface area contributed by atoms with E-state index in [-0.39, 0.29) is 0 Å². The summed E-state index contributed by atoms with van der Waals surface area (Å²) in [6.07, 6.45) is 4.39. The third-order valence-corrected chi connectivity index (χ3v) is 6.49. The molecule has 2 aromatic rings. The topological polar surface area (TPSA) is 45.0 Å². The van der Waals surface area contributed by atoms with Gasteiger partial charge in [-0.2, -0.15) is 0 Å². The fourth-order valence-corrected chi connectivity index (χ4v) is 3.47. The maximum absolute atomic E-state index is 12.3. The summed E-state index contributed by atoms with van der Waals surface area (Å²) in [5.41, 5.74) is 5.90. The van der Waals surface area contributed by atoms with E-state index >= 15 is 0 Å². The lowest BCUT2D eigenvalue weighted by molar-refractivity contribution is 0.552. The summed E-state index contributed by atoms with van der Waals surface area (Å²) < 4.78 is 16.3. The Morgan fingerprint density at radius 2 is 1.77 bits per heavy atom. The molecule has 26 heavy (non-hydrogen) atoms. The van der Waals surface area contributed by atoms with Crippen LogP contribution in [0.4, 0.5) is 5.69 Å². The van der Waals surface area contributed by atoms with Crippen LogP contribution in [-0.2, 0) is 16.1 Å². The first-order chi connectivity index (χ1) is 12.3. The SMILES string of the molecule is CCN(C)/C=N\c1cc(C)c(Cc2ccc(S(C)(=O)=NC)cc2)cc1C. The summed E-state index contributed by atoms with van der Waals surface area (Å²) in [7, 11) is 1.35. The van der Waals surface area contributed by atoms with Gasteiger partial charge in [-0.3, -0.25) is 0 Å². The Kier molecular flexibility index (Phi) is 6.59. The molecule has 2 aromatic carbocycles. The number of hydrogen-bond acceptors (Lipinski definition) is 3. The van der Waals surface area contributed by atoms with Crippen molar-refractivity contribution >= 4 is 21.8 Å². The number of benzene rings is 2. The highest BCUT2D eigenvalue weighted by atomic mass is 32.2. The summed E-state index contributed by atoms with van der Waals surface area (Å²) in [5.74, 6) is 0. The van der Waals surface area contributed by atoms with Crippen LogP contribution in [0.5, 0.6) is 0 Å². The average Bonchev–Trinajstić information content (AvgIpc) is 2.63. The molecule has 2 rings (SSSR count). The molecule has 1 unspecified atom stereocenters. The molecule has 0 amide bonds. The first-order valence-corrected chi connectivity index (χ1v) is 10.7. The third-order valence-electron chi connectivity index (χ3n) is 4.65. The normalized spacial score (nSPS) is 13.6. The Bertz CT molecular complexity index is 908. The van der Waals surface area contributed by atoms with E-state index in [0.29, 0.717) is 0 Å². The predicted octanol–water partition coefficient (Wildman–Crippen LogP) is 4.59. The van der Waals surface area contributed by atoms with Gasteiger partial charge in [0, 0.05) is 31.8 Å². The molecular formula is C21H29N3OS. The van der Waals surface area contributed by atoms with Gasteiger partial charge in [0.25, 0.3) is 0 Å². The minimum Gasteiger partial charge on any atom is -0.366 e. The van der Waals surface area contributed by atoms with Gasteiger partial charge in [0.1, 0.15) is 0 Å². The monoisotopic (exact) mass is 371 g/mol. The molecule has 0 heterocycles. The number of aryl methyl sites for hydroxylation is 2. The maximum Gasteiger partial charge on any atom is 0.0909 e. The molecule has 0 aliphatic carbocycles. The second kappa shape index (κ2) is 8.49. The van der Waals surface area contributed by atoms with Crippen LogP contribution >= 0.6 is 0 Å². The fourth-order valence-electron chi connectivity index (χ4n) is 2.62. The van der Waals surface area contributed by atoms with Crippen molar-refractivity contribution in [1.82, 2.24) is 4.90 Å². The third kappa shape index (κ3) is 4.94. The minimum atomic E-state index is -2.27. The highest BCUT2D eigenvalue weighted by molar-refractivity contribution is 7.93. The van der Waals surface area contributed by atoms with E-state index in [1.54, 1.807) is 13.3 Å². The average molecular weight is 372 g/mol. The van der Waals surface area contributed by atoms with E-state index in [2.05, 4.69) is 47.2 Å². The fraction of sp³-hybridized carbons (Fsp3) is 0.381. The Balaban J connectivity index is 2.24. The van der Waals surface area contributed by atoms with Gasteiger partial charge < -0.3 is 4.90 Å². The molecule has 0 aromatic heterocycles. The zero-order valence-electron chi connectivity index (χ0n) is 16.6. The molecule has 4 nitrogen and oxygen atoms in total. The summed E-state index contributed by atoms with van der Waals surface area (Å²) in [6.45, 7) is 7.26. The van der Waals surface area contributed by atoms with E-state index in [4.69, 9.17) is 0 Å². The van der Waals surface area contributed by atoms with Crippen LogP contribution < -0.4 is 0 Å². The van der Waals surface area contributed by atoms with Crippen molar-refractivity contribution in [2.75, 3.05) is 26.9 Å². The molecule has 140 valence electrons. The van der Waals surface area contributed by atoms with Gasteiger partial charge in [0.15, 0.2) is 0 Å². The van der Waals surface area contributed by atoms with Crippen LogP contribution in [0.3, 0.4) is 0 Å². The van der Waals surface area contributed by atoms with Gasteiger partial charge in [-0.1, -0.05) is 18.2 Å². The minimum absolute atomic E-state index is 0.779. The molecule has 5 heteroatoms. The molecular weight excluding hydrogens is 342 g/mol. The van der Waals surface area contributed by atoms with E-state index in [1.165, 1.54) is 22.3 Å². The molecule has 0 radical (unpaired) electrons. The highest BCUT2D eigenvalue weighted by Gasteiger charge is 2.08. The van der Waals surface area contributed by atoms with Gasteiger partial charge in [-0.25, -0.2) is 13.6 Å². The van der Waals surface area contributed by atoms with Gasteiger partial charge in [0.2, 0.25) is 0 Å². The summed E-state index contributed by atoms with van der Waals surface area (Å²) in [4.78, 5) is 7.43. The van der Waals surface area contributed by atoms with Gasteiger partial charge in [-0.15, -0.1) is 0 Å². The molecule has 0 bridgehead atoms. The molecule has 0 spiro atoms. The van der Waals surface area contributed by atoms with E-state index in [1.807, 2.05) is 37.7 Å². The van der Waals surface area contributed by atoms with Crippen molar-refractivity contribution < 1.29 is 4.21 Å². The Labute approximate surface area is 158 Å². The first kappa shape index (κ1) is 20.2. The van der Waals surface area contributed by atoms with E-state index < -0.39 is 9.73 Å². The van der Waals surface area contributed by atoms with Gasteiger partial charge in [0.05, 0.1) is 21.8 Å². The van der Waals surface area contributed by atoms with Crippen LogP contribution in [0.2, 0.25) is 0 Å². The zero-order chi connectivity index (χ0) is 19.3. The quantitative estimate of drug-likeness (QED) is 0.550. The Hall–Kier alpha value is -2.14. The molecule has 0 saturated heterocycles. The second-order valence-electron chi connectivity index (χ2n) is 6.69. The van der Waals surface area contributed by atoms with Crippen LogP contribution in [0.25, 0.3) is 0 Å². The smallest absolute Gasteiger partial charge is 0.0909 e. The molecule has 0 aliphatic rings. The van der Waals surface area contributed by atoms with Crippen LogP contribution in [0, 0.1) is 13.8 Å². The van der Waals surface area contributed by atoms with Crippen LogP contribution in [-0.4, -0.2) is 42.3 Å². The molecule has 0 fully saturated rings. The predicted molar refractivity (Wildman–Crippen MR) is 112 cm³/mol. The number of nitrogens with zero attached hydrogens (tertiary/aromatic N) is 3. The molecule has 1 atom stereocenters. The molecule has 0 saturated carbocycles. The molecule has 0 N–H and O–H groups in total. The van der Waals surface area contributed by atoms with Crippen molar-refractivity contribution in [1.29, 1.82) is 0 Å². The van der Waals surface area contributed by atoms with Crippen LogP contribution in [0.1, 0.15) is 29.2 Å². The lowest BCUT2D eigenvalue weighted by Crippen LogP contribution is -2.14. The molecule has 0 aliphatic heterocycles. The second-order valence-corrected chi connectivity index (χ2v) is 9.13. The first-order valence-electron chi connectivity index (χ1n) is 8.80. The van der Waals surface area contributed by atoms with Gasteiger partial charge in [-0.05, 0) is 67.6 Å². The standard InChI is InChI=1S/C21H29N3OS/c1-7-24(5)15-23-21-13-16(2)19(12-17(21)3)14-18-8-10-20(11-9-18)26(6,25)22-4/h8-13,15H,7,14H2,1-6H3/b23-15-. The van der Waals surface area contributed by atoms with Gasteiger partial charge >= 0.3 is 0 Å². The summed E-state index contributed by atoms with van der Waals surface area (Å²) in [5, 5.41) is 0. The number of aliphatic imine (C=N–C) groups is 1. The summed E-state index contributed by atoms with van der Waals surface area (Å²) >= 11 is 0. The highest BCUT2D eigenvalue weighted by Crippen LogP contribution is 2.25. The zero-order valence-corrected chi connectivity index (χ0v) is 17.4. The largest absolute Gasteiger partial charge is 0.366 e. The van der Waals surface area contributed by atoms with Crippen molar-refractivity contribution in [2.45, 2.75) is 32.1 Å².